The quantitative estimate of drug-likeness (QED) is 0.717. The van der Waals surface area contributed by atoms with Crippen molar-refractivity contribution in [2.24, 2.45) is 11.7 Å². The van der Waals surface area contributed by atoms with Gasteiger partial charge in [-0.2, -0.15) is 0 Å². The van der Waals surface area contributed by atoms with Gasteiger partial charge in [0.15, 0.2) is 21.3 Å². The summed E-state index contributed by atoms with van der Waals surface area (Å²) >= 11 is 0. The Balaban J connectivity index is 1.94. The number of hydrogen-bond acceptors (Lipinski definition) is 6. The van der Waals surface area contributed by atoms with Crippen LogP contribution in [0.4, 0.5) is 0 Å². The number of carbonyl (C=O) groups excluding carboxylic acids is 1. The van der Waals surface area contributed by atoms with Crippen LogP contribution in [0.3, 0.4) is 0 Å². The molecule has 0 radical (unpaired) electrons. The fourth-order valence-electron chi connectivity index (χ4n) is 2.67. The van der Waals surface area contributed by atoms with Crippen LogP contribution in [0.2, 0.25) is 0 Å². The van der Waals surface area contributed by atoms with Gasteiger partial charge in [0.2, 0.25) is 5.91 Å². The van der Waals surface area contributed by atoms with Crippen LogP contribution in [0.5, 0.6) is 11.5 Å². The number of rotatable bonds is 8. The molecule has 0 aromatic heterocycles. The Morgan fingerprint density at radius 2 is 1.89 bits per heavy atom. The van der Waals surface area contributed by atoms with Crippen LogP contribution >= 0.6 is 0 Å². The lowest BCUT2D eigenvalue weighted by Crippen LogP contribution is -2.35. The van der Waals surface area contributed by atoms with E-state index in [1.165, 1.54) is 12.1 Å². The summed E-state index contributed by atoms with van der Waals surface area (Å²) < 4.78 is 36.3. The van der Waals surface area contributed by atoms with Crippen LogP contribution in [0.1, 0.15) is 33.1 Å². The minimum atomic E-state index is -3.59. The highest BCUT2D eigenvalue weighted by atomic mass is 32.2. The fourth-order valence-corrected chi connectivity index (χ4v) is 3.91. The van der Waals surface area contributed by atoms with Gasteiger partial charge in [-0.15, -0.1) is 0 Å². The topological polar surface area (TPSA) is 98.9 Å². The zero-order valence-electron chi connectivity index (χ0n) is 16.3. The maximum atomic E-state index is 12.6. The van der Waals surface area contributed by atoms with E-state index < -0.39 is 9.84 Å². The summed E-state index contributed by atoms with van der Waals surface area (Å²) in [6.07, 6.45) is 1.37. The molecular formula is C19H30N2O5S. The monoisotopic (exact) mass is 398 g/mol. The van der Waals surface area contributed by atoms with Crippen LogP contribution in [-0.2, 0) is 14.6 Å². The molecule has 152 valence electrons. The first-order valence-electron chi connectivity index (χ1n) is 9.32. The first kappa shape index (κ1) is 21.5. The number of nitrogens with zero attached hydrogens (tertiary/aromatic N) is 1. The number of amides is 1. The molecule has 7 nitrogen and oxygen atoms in total. The molecule has 1 heterocycles. The van der Waals surface area contributed by atoms with Crippen LogP contribution in [-0.4, -0.2) is 57.8 Å². The molecule has 8 heteroatoms. The number of carbonyl (C=O) groups is 1. The van der Waals surface area contributed by atoms with E-state index in [0.29, 0.717) is 43.6 Å². The normalized spacial score (nSPS) is 15.3. The predicted molar refractivity (Wildman–Crippen MR) is 104 cm³/mol. The van der Waals surface area contributed by atoms with Crippen molar-refractivity contribution in [1.82, 2.24) is 4.90 Å². The molecule has 0 aliphatic carbocycles. The van der Waals surface area contributed by atoms with Crippen molar-refractivity contribution in [3.63, 3.8) is 0 Å². The Hall–Kier alpha value is -1.80. The highest BCUT2D eigenvalue weighted by Crippen LogP contribution is 2.32. The van der Waals surface area contributed by atoms with E-state index in [4.69, 9.17) is 15.2 Å². The molecule has 0 bridgehead atoms. The minimum absolute atomic E-state index is 0.0192. The number of ether oxygens (including phenoxy) is 2. The molecule has 1 aromatic rings. The highest BCUT2D eigenvalue weighted by molar-refractivity contribution is 7.91. The maximum absolute atomic E-state index is 12.6. The van der Waals surface area contributed by atoms with E-state index in [1.807, 2.05) is 13.8 Å². The molecule has 0 spiro atoms. The summed E-state index contributed by atoms with van der Waals surface area (Å²) in [5.74, 6) is 0.868. The molecule has 2 N–H and O–H groups in total. The molecule has 1 amide bonds. The van der Waals surface area contributed by atoms with Crippen LogP contribution in [0.25, 0.3) is 0 Å². The average Bonchev–Trinajstić information content (AvgIpc) is 2.88. The number of hydrogen-bond donors (Lipinski definition) is 1. The van der Waals surface area contributed by atoms with Gasteiger partial charge < -0.3 is 20.1 Å². The largest absolute Gasteiger partial charge is 0.490 e. The summed E-state index contributed by atoms with van der Waals surface area (Å²) in [5, 5.41) is 0. The average molecular weight is 399 g/mol. The Morgan fingerprint density at radius 3 is 2.56 bits per heavy atom. The molecule has 1 aliphatic rings. The first-order valence-corrected chi connectivity index (χ1v) is 11.0. The van der Waals surface area contributed by atoms with E-state index in [-0.39, 0.29) is 29.0 Å². The van der Waals surface area contributed by atoms with Gasteiger partial charge in [0.05, 0.1) is 23.9 Å². The van der Waals surface area contributed by atoms with Gasteiger partial charge in [-0.05, 0) is 24.5 Å². The Labute approximate surface area is 161 Å². The van der Waals surface area contributed by atoms with Crippen molar-refractivity contribution < 1.29 is 22.7 Å². The van der Waals surface area contributed by atoms with Gasteiger partial charge in [-0.25, -0.2) is 8.42 Å². The van der Waals surface area contributed by atoms with Crippen molar-refractivity contribution in [2.45, 2.75) is 44.0 Å². The van der Waals surface area contributed by atoms with E-state index in [2.05, 4.69) is 0 Å². The third-order valence-corrected chi connectivity index (χ3v) is 6.46. The Kier molecular flexibility index (Phi) is 7.49. The molecule has 0 saturated carbocycles. The standard InChI is InChI=1S/C19H30N2O5S/c1-14(2)16(20)7-9-21(3)19(22)8-12-27(23,24)15-5-6-17-18(13-15)26-11-4-10-25-17/h5-6,13-14,16H,4,7-12,20H2,1-3H3. The zero-order valence-corrected chi connectivity index (χ0v) is 17.1. The van der Waals surface area contributed by atoms with Gasteiger partial charge >= 0.3 is 0 Å². The summed E-state index contributed by atoms with van der Waals surface area (Å²) in [6.45, 7) is 5.61. The van der Waals surface area contributed by atoms with E-state index in [9.17, 15) is 13.2 Å². The first-order chi connectivity index (χ1) is 12.7. The van der Waals surface area contributed by atoms with Crippen molar-refractivity contribution >= 4 is 15.7 Å². The molecule has 0 saturated heterocycles. The number of nitrogens with two attached hydrogens (primary N) is 1. The molecule has 27 heavy (non-hydrogen) atoms. The molecule has 2 rings (SSSR count). The third-order valence-electron chi connectivity index (χ3n) is 4.74. The lowest BCUT2D eigenvalue weighted by Gasteiger charge is -2.21. The van der Waals surface area contributed by atoms with Gasteiger partial charge in [0, 0.05) is 38.5 Å². The molecule has 1 aliphatic heterocycles. The lowest BCUT2D eigenvalue weighted by atomic mass is 10.0. The van der Waals surface area contributed by atoms with Crippen molar-refractivity contribution in [2.75, 3.05) is 32.6 Å². The fraction of sp³-hybridized carbons (Fsp3) is 0.632. The SMILES string of the molecule is CC(C)C(N)CCN(C)C(=O)CCS(=O)(=O)c1ccc2c(c1)OCCCO2. The number of fused-ring (bicyclic) bond motifs is 1. The van der Waals surface area contributed by atoms with Crippen LogP contribution in [0, 0.1) is 5.92 Å². The van der Waals surface area contributed by atoms with Gasteiger partial charge in [0.25, 0.3) is 0 Å². The van der Waals surface area contributed by atoms with Crippen molar-refractivity contribution in [3.05, 3.63) is 18.2 Å². The molecular weight excluding hydrogens is 368 g/mol. The van der Waals surface area contributed by atoms with Gasteiger partial charge in [0.1, 0.15) is 0 Å². The van der Waals surface area contributed by atoms with Crippen LogP contribution in [0.15, 0.2) is 23.1 Å². The second-order valence-electron chi connectivity index (χ2n) is 7.24. The summed E-state index contributed by atoms with van der Waals surface area (Å²) in [7, 11) is -1.91. The minimum Gasteiger partial charge on any atom is -0.490 e. The second-order valence-corrected chi connectivity index (χ2v) is 9.35. The Morgan fingerprint density at radius 1 is 1.22 bits per heavy atom. The molecule has 1 aromatic carbocycles. The van der Waals surface area contributed by atoms with Gasteiger partial charge in [-0.1, -0.05) is 13.8 Å². The summed E-state index contributed by atoms with van der Waals surface area (Å²) in [5.41, 5.74) is 6.00. The maximum Gasteiger partial charge on any atom is 0.223 e. The number of benzene rings is 1. The van der Waals surface area contributed by atoms with E-state index >= 15 is 0 Å². The highest BCUT2D eigenvalue weighted by Gasteiger charge is 2.21. The summed E-state index contributed by atoms with van der Waals surface area (Å²) in [4.78, 5) is 13.9. The Bertz CT molecular complexity index is 748. The molecule has 1 atom stereocenters. The summed E-state index contributed by atoms with van der Waals surface area (Å²) in [6, 6.07) is 4.60. The van der Waals surface area contributed by atoms with E-state index in [0.717, 1.165) is 6.42 Å². The van der Waals surface area contributed by atoms with Crippen molar-refractivity contribution in [3.8, 4) is 11.5 Å². The zero-order chi connectivity index (χ0) is 20.0. The van der Waals surface area contributed by atoms with Crippen LogP contribution < -0.4 is 15.2 Å². The predicted octanol–water partition coefficient (Wildman–Crippen LogP) is 1.84. The smallest absolute Gasteiger partial charge is 0.223 e. The third kappa shape index (κ3) is 6.10. The molecule has 1 unspecified atom stereocenters. The molecule has 0 fully saturated rings. The second kappa shape index (κ2) is 9.41. The lowest BCUT2D eigenvalue weighted by molar-refractivity contribution is -0.129. The van der Waals surface area contributed by atoms with E-state index in [1.54, 1.807) is 18.0 Å². The van der Waals surface area contributed by atoms with Crippen molar-refractivity contribution in [1.29, 1.82) is 0 Å². The number of sulfone groups is 1. The van der Waals surface area contributed by atoms with Gasteiger partial charge in [-0.3, -0.25) is 4.79 Å².